The molecule has 2 fully saturated rings. The number of aryl methyl sites for hydroxylation is 1. The maximum atomic E-state index is 13.4. The van der Waals surface area contributed by atoms with Crippen molar-refractivity contribution in [3.8, 4) is 0 Å². The third-order valence-corrected chi connectivity index (χ3v) is 9.45. The summed E-state index contributed by atoms with van der Waals surface area (Å²) in [6, 6.07) is 12.7. The van der Waals surface area contributed by atoms with Crippen molar-refractivity contribution in [1.29, 1.82) is 0 Å². The number of para-hydroxylation sites is 1. The van der Waals surface area contributed by atoms with Gasteiger partial charge in [0, 0.05) is 43.3 Å². The molecule has 0 saturated carbocycles. The second kappa shape index (κ2) is 10.5. The molecule has 2 aliphatic rings. The number of anilines is 1. The van der Waals surface area contributed by atoms with Gasteiger partial charge in [0.15, 0.2) is 0 Å². The Hall–Kier alpha value is -2.71. The van der Waals surface area contributed by atoms with Crippen LogP contribution in [0.15, 0.2) is 47.4 Å². The minimum absolute atomic E-state index is 0.0290. The first-order valence-electron chi connectivity index (χ1n) is 12.4. The predicted molar refractivity (Wildman–Crippen MR) is 137 cm³/mol. The molecule has 2 heterocycles. The van der Waals surface area contributed by atoms with Crippen LogP contribution in [0.4, 0.5) is 5.69 Å². The maximum absolute atomic E-state index is 13.4. The van der Waals surface area contributed by atoms with Crippen molar-refractivity contribution in [2.24, 2.45) is 11.8 Å². The highest BCUT2D eigenvalue weighted by atomic mass is 32.2. The van der Waals surface area contributed by atoms with Crippen molar-refractivity contribution in [3.63, 3.8) is 0 Å². The van der Waals surface area contributed by atoms with Crippen molar-refractivity contribution in [1.82, 2.24) is 9.21 Å². The molecule has 188 valence electrons. The first kappa shape index (κ1) is 25.4. The Bertz CT molecular complexity index is 1180. The van der Waals surface area contributed by atoms with Gasteiger partial charge in [-0.1, -0.05) is 25.1 Å². The standard InChI is InChI=1S/C27H35N3O4S/c1-19-9-15-30(16-10-19)35(33,34)25-18-23(17-20(2)21(25)3)27(32)29-13-11-22(12-14-29)26(31)28-24-7-5-4-6-8-24/h4-8,17-19,22H,9-16H2,1-3H3,(H,28,31). The van der Waals surface area contributed by atoms with Gasteiger partial charge in [-0.05, 0) is 80.8 Å². The lowest BCUT2D eigenvalue weighted by atomic mass is 9.95. The lowest BCUT2D eigenvalue weighted by Crippen LogP contribution is -2.41. The molecule has 0 aromatic heterocycles. The molecule has 2 amide bonds. The third kappa shape index (κ3) is 5.59. The fourth-order valence-electron chi connectivity index (χ4n) is 4.88. The SMILES string of the molecule is Cc1cc(C(=O)N2CCC(C(=O)Nc3ccccc3)CC2)cc(S(=O)(=O)N2CCC(C)CC2)c1C. The van der Waals surface area contributed by atoms with Crippen LogP contribution in [-0.4, -0.2) is 55.6 Å². The highest BCUT2D eigenvalue weighted by Crippen LogP contribution is 2.29. The van der Waals surface area contributed by atoms with Gasteiger partial charge in [0.05, 0.1) is 4.90 Å². The summed E-state index contributed by atoms with van der Waals surface area (Å²) < 4.78 is 28.4. The minimum atomic E-state index is -3.67. The second-order valence-electron chi connectivity index (χ2n) is 9.92. The number of likely N-dealkylation sites (tertiary alicyclic amines) is 1. The lowest BCUT2D eigenvalue weighted by molar-refractivity contribution is -0.121. The number of carbonyl (C=O) groups excluding carboxylic acids is 2. The fraction of sp³-hybridized carbons (Fsp3) is 0.481. The van der Waals surface area contributed by atoms with E-state index < -0.39 is 10.0 Å². The molecule has 0 spiro atoms. The summed E-state index contributed by atoms with van der Waals surface area (Å²) in [6.45, 7) is 7.75. The van der Waals surface area contributed by atoms with E-state index in [0.717, 1.165) is 24.1 Å². The van der Waals surface area contributed by atoms with E-state index in [2.05, 4.69) is 12.2 Å². The van der Waals surface area contributed by atoms with Crippen LogP contribution >= 0.6 is 0 Å². The molecule has 8 heteroatoms. The van der Waals surface area contributed by atoms with E-state index in [4.69, 9.17) is 0 Å². The zero-order chi connectivity index (χ0) is 25.2. The first-order valence-corrected chi connectivity index (χ1v) is 13.9. The predicted octanol–water partition coefficient (Wildman–Crippen LogP) is 4.21. The molecule has 4 rings (SSSR count). The van der Waals surface area contributed by atoms with Crippen molar-refractivity contribution < 1.29 is 18.0 Å². The zero-order valence-corrected chi connectivity index (χ0v) is 21.6. The number of carbonyl (C=O) groups is 2. The molecule has 2 aromatic carbocycles. The monoisotopic (exact) mass is 497 g/mol. The molecule has 2 aliphatic heterocycles. The van der Waals surface area contributed by atoms with Gasteiger partial charge in [-0.25, -0.2) is 8.42 Å². The van der Waals surface area contributed by atoms with Gasteiger partial charge >= 0.3 is 0 Å². The number of amides is 2. The van der Waals surface area contributed by atoms with E-state index in [0.29, 0.717) is 56.1 Å². The van der Waals surface area contributed by atoms with Crippen LogP contribution in [0.3, 0.4) is 0 Å². The number of benzene rings is 2. The number of nitrogens with one attached hydrogen (secondary N) is 1. The second-order valence-corrected chi connectivity index (χ2v) is 11.8. The Morgan fingerprint density at radius 1 is 0.914 bits per heavy atom. The number of hydrogen-bond donors (Lipinski definition) is 1. The third-order valence-electron chi connectivity index (χ3n) is 7.42. The van der Waals surface area contributed by atoms with Crippen LogP contribution in [0.1, 0.15) is 54.1 Å². The van der Waals surface area contributed by atoms with E-state index in [1.165, 1.54) is 0 Å². The summed E-state index contributed by atoms with van der Waals surface area (Å²) >= 11 is 0. The van der Waals surface area contributed by atoms with Crippen molar-refractivity contribution in [2.75, 3.05) is 31.5 Å². The normalized spacial score (nSPS) is 18.4. The van der Waals surface area contributed by atoms with Crippen LogP contribution in [0.5, 0.6) is 0 Å². The van der Waals surface area contributed by atoms with Crippen LogP contribution < -0.4 is 5.32 Å². The molecular weight excluding hydrogens is 462 g/mol. The molecule has 0 bridgehead atoms. The van der Waals surface area contributed by atoms with Gasteiger partial charge in [-0.3, -0.25) is 9.59 Å². The van der Waals surface area contributed by atoms with Crippen LogP contribution in [0.25, 0.3) is 0 Å². The van der Waals surface area contributed by atoms with Crippen LogP contribution in [0.2, 0.25) is 0 Å². The van der Waals surface area contributed by atoms with Gasteiger partial charge in [0.25, 0.3) is 5.91 Å². The molecule has 2 saturated heterocycles. The molecule has 0 atom stereocenters. The Labute approximate surface area is 208 Å². The van der Waals surface area contributed by atoms with E-state index >= 15 is 0 Å². The Morgan fingerprint density at radius 3 is 2.17 bits per heavy atom. The van der Waals surface area contributed by atoms with Crippen LogP contribution in [0, 0.1) is 25.7 Å². The van der Waals surface area contributed by atoms with E-state index in [9.17, 15) is 18.0 Å². The van der Waals surface area contributed by atoms with E-state index in [1.54, 1.807) is 28.3 Å². The summed E-state index contributed by atoms with van der Waals surface area (Å²) in [6.07, 6.45) is 2.85. The van der Waals surface area contributed by atoms with Crippen molar-refractivity contribution in [3.05, 3.63) is 59.2 Å². The highest BCUT2D eigenvalue weighted by Gasteiger charge is 2.32. The molecule has 0 aliphatic carbocycles. The molecule has 2 aromatic rings. The summed E-state index contributed by atoms with van der Waals surface area (Å²) in [4.78, 5) is 27.9. The fourth-order valence-corrected chi connectivity index (χ4v) is 6.67. The van der Waals surface area contributed by atoms with Gasteiger partial charge in [0.2, 0.25) is 15.9 Å². The number of piperidine rings is 2. The average molecular weight is 498 g/mol. The number of nitrogens with zero attached hydrogens (tertiary/aromatic N) is 2. The van der Waals surface area contributed by atoms with Crippen molar-refractivity contribution >= 4 is 27.5 Å². The Morgan fingerprint density at radius 2 is 1.54 bits per heavy atom. The van der Waals surface area contributed by atoms with Gasteiger partial charge < -0.3 is 10.2 Å². The number of sulfonamides is 1. The van der Waals surface area contributed by atoms with Gasteiger partial charge in [0.1, 0.15) is 0 Å². The quantitative estimate of drug-likeness (QED) is 0.670. The lowest BCUT2D eigenvalue weighted by Gasteiger charge is -2.32. The van der Waals surface area contributed by atoms with Crippen LogP contribution in [-0.2, 0) is 14.8 Å². The molecule has 0 radical (unpaired) electrons. The van der Waals surface area contributed by atoms with Gasteiger partial charge in [-0.2, -0.15) is 4.31 Å². The largest absolute Gasteiger partial charge is 0.339 e. The molecule has 7 nitrogen and oxygen atoms in total. The molecule has 0 unspecified atom stereocenters. The summed E-state index contributed by atoms with van der Waals surface area (Å²) in [5.41, 5.74) is 2.64. The maximum Gasteiger partial charge on any atom is 0.253 e. The molecule has 35 heavy (non-hydrogen) atoms. The molecular formula is C27H35N3O4S. The zero-order valence-electron chi connectivity index (χ0n) is 20.8. The Balaban J connectivity index is 1.45. The summed E-state index contributed by atoms with van der Waals surface area (Å²) in [5, 5.41) is 2.95. The van der Waals surface area contributed by atoms with E-state index in [1.807, 2.05) is 37.3 Å². The smallest absolute Gasteiger partial charge is 0.253 e. The topological polar surface area (TPSA) is 86.8 Å². The first-order chi connectivity index (χ1) is 16.7. The highest BCUT2D eigenvalue weighted by molar-refractivity contribution is 7.89. The Kier molecular flexibility index (Phi) is 7.62. The molecule has 1 N–H and O–H groups in total. The summed E-state index contributed by atoms with van der Waals surface area (Å²) in [5.74, 6) is 0.156. The van der Waals surface area contributed by atoms with Gasteiger partial charge in [-0.15, -0.1) is 0 Å². The average Bonchev–Trinajstić information content (AvgIpc) is 2.86. The van der Waals surface area contributed by atoms with E-state index in [-0.39, 0.29) is 22.6 Å². The van der Waals surface area contributed by atoms with Crippen molar-refractivity contribution in [2.45, 2.75) is 51.3 Å². The number of hydrogen-bond acceptors (Lipinski definition) is 4. The number of rotatable bonds is 5. The minimum Gasteiger partial charge on any atom is -0.339 e. The summed E-state index contributed by atoms with van der Waals surface area (Å²) in [7, 11) is -3.67.